The monoisotopic (exact) mass is 243 g/mol. The lowest BCUT2D eigenvalue weighted by Gasteiger charge is -2.16. The highest BCUT2D eigenvalue weighted by Gasteiger charge is 2.15. The molecule has 0 radical (unpaired) electrons. The van der Waals surface area contributed by atoms with Gasteiger partial charge in [-0.1, -0.05) is 17.7 Å². The van der Waals surface area contributed by atoms with Gasteiger partial charge >= 0.3 is 0 Å². The molecule has 3 nitrogen and oxygen atoms in total. The fraction of sp³-hybridized carbons (Fsp3) is 0.364. The second-order valence-corrected chi connectivity index (χ2v) is 4.78. The highest BCUT2D eigenvalue weighted by molar-refractivity contribution is 6.31. The number of benzene rings is 1. The quantitative estimate of drug-likeness (QED) is 0.345. The van der Waals surface area contributed by atoms with Crippen molar-refractivity contribution in [3.05, 3.63) is 34.6 Å². The van der Waals surface area contributed by atoms with Crippen LogP contribution in [0.3, 0.4) is 0 Å². The second kappa shape index (κ2) is 4.80. The topological polar surface area (TPSA) is 50.4 Å². The number of hydrogen-bond acceptors (Lipinski definition) is 2. The van der Waals surface area contributed by atoms with E-state index in [0.717, 1.165) is 0 Å². The molecule has 0 aliphatic heterocycles. The van der Waals surface area contributed by atoms with Crippen molar-refractivity contribution in [2.45, 2.75) is 26.3 Å². The minimum atomic E-state index is -0.523. The van der Waals surface area contributed by atoms with Gasteiger partial charge in [-0.15, -0.1) is 0 Å². The third kappa shape index (κ3) is 3.18. The van der Waals surface area contributed by atoms with Gasteiger partial charge < -0.3 is 5.43 Å². The van der Waals surface area contributed by atoms with E-state index in [2.05, 4.69) is 10.4 Å². The number of rotatable bonds is 1. The molecule has 3 N–H and O–H groups in total. The van der Waals surface area contributed by atoms with Crippen LogP contribution in [-0.2, 0) is 0 Å². The van der Waals surface area contributed by atoms with Crippen LogP contribution >= 0.6 is 11.6 Å². The molecule has 0 amide bonds. The predicted molar refractivity (Wildman–Crippen MR) is 65.0 cm³/mol. The number of nitrogens with zero attached hydrogens (tertiary/aromatic N) is 1. The van der Waals surface area contributed by atoms with E-state index in [-0.39, 0.29) is 22.0 Å². The zero-order valence-electron chi connectivity index (χ0n) is 9.51. The van der Waals surface area contributed by atoms with Gasteiger partial charge in [0, 0.05) is 0 Å². The van der Waals surface area contributed by atoms with Crippen molar-refractivity contribution in [2.24, 2.45) is 10.8 Å². The lowest BCUT2D eigenvalue weighted by atomic mass is 10.1. The minimum absolute atomic E-state index is 0.0503. The molecule has 0 atom stereocenters. The maximum Gasteiger partial charge on any atom is 0.152 e. The summed E-state index contributed by atoms with van der Waals surface area (Å²) in [7, 11) is 0. The van der Waals surface area contributed by atoms with Crippen molar-refractivity contribution in [2.75, 3.05) is 0 Å². The molecule has 1 aromatic carbocycles. The molecule has 88 valence electrons. The van der Waals surface area contributed by atoms with Crippen molar-refractivity contribution in [3.8, 4) is 0 Å². The smallest absolute Gasteiger partial charge is 0.152 e. The Labute approximate surface area is 99.5 Å². The van der Waals surface area contributed by atoms with E-state index in [9.17, 15) is 4.39 Å². The molecule has 0 saturated heterocycles. The Balaban J connectivity index is 3.25. The van der Waals surface area contributed by atoms with Crippen LogP contribution in [0, 0.1) is 5.82 Å². The van der Waals surface area contributed by atoms with Crippen LogP contribution in [-0.4, -0.2) is 11.4 Å². The molecule has 0 heterocycles. The number of aliphatic imine (C=N–C) groups is 1. The van der Waals surface area contributed by atoms with Gasteiger partial charge in [-0.2, -0.15) is 0 Å². The van der Waals surface area contributed by atoms with Gasteiger partial charge in [0.25, 0.3) is 0 Å². The first-order chi connectivity index (χ1) is 7.35. The lowest BCUT2D eigenvalue weighted by molar-refractivity contribution is 0.577. The molecular formula is C11H15ClFN3. The largest absolute Gasteiger partial charge is 0.308 e. The number of halogens is 2. The Morgan fingerprint density at radius 3 is 2.56 bits per heavy atom. The number of hydrogen-bond donors (Lipinski definition) is 2. The predicted octanol–water partition coefficient (Wildman–Crippen LogP) is 2.49. The molecule has 1 rings (SSSR count). The van der Waals surface area contributed by atoms with Crippen LogP contribution in [0.25, 0.3) is 0 Å². The summed E-state index contributed by atoms with van der Waals surface area (Å²) in [5.41, 5.74) is 2.31. The maximum atomic E-state index is 13.7. The zero-order chi connectivity index (χ0) is 12.3. The van der Waals surface area contributed by atoms with E-state index < -0.39 is 5.82 Å². The third-order valence-electron chi connectivity index (χ3n) is 1.79. The van der Waals surface area contributed by atoms with E-state index in [4.69, 9.17) is 17.4 Å². The molecule has 0 spiro atoms. The summed E-state index contributed by atoms with van der Waals surface area (Å²) in [6, 6.07) is 4.70. The van der Waals surface area contributed by atoms with Crippen LogP contribution in [0.15, 0.2) is 23.2 Å². The van der Waals surface area contributed by atoms with Crippen LogP contribution in [0.4, 0.5) is 4.39 Å². The SMILES string of the molecule is CC(C)(C)N=C(NN)c1cccc(Cl)c1F. The summed E-state index contributed by atoms with van der Waals surface area (Å²) >= 11 is 5.69. The Hall–Kier alpha value is -1.13. The first kappa shape index (κ1) is 12.9. The van der Waals surface area contributed by atoms with Crippen molar-refractivity contribution >= 4 is 17.4 Å². The fourth-order valence-corrected chi connectivity index (χ4v) is 1.37. The van der Waals surface area contributed by atoms with Gasteiger partial charge in [0.1, 0.15) is 5.84 Å². The maximum absolute atomic E-state index is 13.7. The van der Waals surface area contributed by atoms with Crippen molar-refractivity contribution < 1.29 is 4.39 Å². The van der Waals surface area contributed by atoms with E-state index in [0.29, 0.717) is 0 Å². The Morgan fingerprint density at radius 1 is 1.44 bits per heavy atom. The third-order valence-corrected chi connectivity index (χ3v) is 2.08. The second-order valence-electron chi connectivity index (χ2n) is 4.38. The summed E-state index contributed by atoms with van der Waals surface area (Å²) in [5.74, 6) is 5.10. The van der Waals surface area contributed by atoms with Gasteiger partial charge in [-0.05, 0) is 32.9 Å². The zero-order valence-corrected chi connectivity index (χ0v) is 10.3. The lowest BCUT2D eigenvalue weighted by Crippen LogP contribution is -2.34. The van der Waals surface area contributed by atoms with Gasteiger partial charge in [0.15, 0.2) is 5.82 Å². The van der Waals surface area contributed by atoms with Gasteiger partial charge in [-0.3, -0.25) is 4.99 Å². The first-order valence-electron chi connectivity index (χ1n) is 4.86. The average molecular weight is 244 g/mol. The number of amidine groups is 1. The van der Waals surface area contributed by atoms with E-state index in [1.54, 1.807) is 12.1 Å². The molecule has 0 bridgehead atoms. The summed E-state index contributed by atoms with van der Waals surface area (Å²) in [6.07, 6.45) is 0. The number of nitrogens with one attached hydrogen (secondary N) is 1. The van der Waals surface area contributed by atoms with Crippen molar-refractivity contribution in [1.82, 2.24) is 5.43 Å². The molecule has 1 aromatic rings. The summed E-state index contributed by atoms with van der Waals surface area (Å²) in [6.45, 7) is 5.69. The Morgan fingerprint density at radius 2 is 2.06 bits per heavy atom. The Kier molecular flexibility index (Phi) is 3.88. The summed E-state index contributed by atoms with van der Waals surface area (Å²) in [4.78, 5) is 4.28. The van der Waals surface area contributed by atoms with E-state index >= 15 is 0 Å². The average Bonchev–Trinajstić information content (AvgIpc) is 2.18. The first-order valence-corrected chi connectivity index (χ1v) is 5.24. The van der Waals surface area contributed by atoms with Crippen molar-refractivity contribution in [1.29, 1.82) is 0 Å². The molecule has 0 aliphatic carbocycles. The van der Waals surface area contributed by atoms with E-state index in [1.807, 2.05) is 20.8 Å². The van der Waals surface area contributed by atoms with E-state index in [1.165, 1.54) is 6.07 Å². The number of nitrogens with two attached hydrogens (primary N) is 1. The highest BCUT2D eigenvalue weighted by atomic mass is 35.5. The molecular weight excluding hydrogens is 229 g/mol. The van der Waals surface area contributed by atoms with Crippen LogP contribution in [0.2, 0.25) is 5.02 Å². The van der Waals surface area contributed by atoms with Gasteiger partial charge in [0.2, 0.25) is 0 Å². The molecule has 0 saturated carbocycles. The number of hydrazine groups is 1. The minimum Gasteiger partial charge on any atom is -0.308 e. The van der Waals surface area contributed by atoms with Crippen LogP contribution in [0.5, 0.6) is 0 Å². The van der Waals surface area contributed by atoms with Gasteiger partial charge in [0.05, 0.1) is 16.1 Å². The normalized spacial score (nSPS) is 12.8. The molecule has 5 heteroatoms. The molecule has 16 heavy (non-hydrogen) atoms. The Bertz CT molecular complexity index is 410. The van der Waals surface area contributed by atoms with Crippen LogP contribution < -0.4 is 11.3 Å². The molecule has 0 aromatic heterocycles. The van der Waals surface area contributed by atoms with Crippen LogP contribution in [0.1, 0.15) is 26.3 Å². The highest BCUT2D eigenvalue weighted by Crippen LogP contribution is 2.19. The molecule has 0 aliphatic rings. The summed E-state index contributed by atoms with van der Waals surface area (Å²) < 4.78 is 13.7. The van der Waals surface area contributed by atoms with Crippen molar-refractivity contribution in [3.63, 3.8) is 0 Å². The molecule has 0 fully saturated rings. The van der Waals surface area contributed by atoms with Gasteiger partial charge in [-0.25, -0.2) is 10.2 Å². The molecule has 0 unspecified atom stereocenters. The standard InChI is InChI=1S/C11H15ClFN3/c1-11(2,3)15-10(16-14)7-5-4-6-8(12)9(7)13/h4-6H,14H2,1-3H3,(H,15,16). The summed E-state index contributed by atoms with van der Waals surface area (Å²) in [5, 5.41) is 0.0503. The fourth-order valence-electron chi connectivity index (χ4n) is 1.19.